The molecule has 1 aromatic rings. The Balaban J connectivity index is 1.58. The van der Waals surface area contributed by atoms with Gasteiger partial charge in [0.25, 0.3) is 5.91 Å². The molecule has 2 saturated heterocycles. The molecule has 0 aliphatic carbocycles. The lowest BCUT2D eigenvalue weighted by Crippen LogP contribution is -2.42. The van der Waals surface area contributed by atoms with E-state index >= 15 is 0 Å². The van der Waals surface area contributed by atoms with Crippen molar-refractivity contribution >= 4 is 17.7 Å². The number of carbonyl (C=O) groups is 1. The third-order valence-electron chi connectivity index (χ3n) is 4.79. The molecule has 0 bridgehead atoms. The van der Waals surface area contributed by atoms with Gasteiger partial charge in [-0.2, -0.15) is 5.26 Å². The van der Waals surface area contributed by atoms with Crippen LogP contribution in [0.1, 0.15) is 18.4 Å². The molecule has 2 aliphatic heterocycles. The first-order valence-corrected chi connectivity index (χ1v) is 9.39. The van der Waals surface area contributed by atoms with Gasteiger partial charge in [0, 0.05) is 38.2 Å². The Morgan fingerprint density at radius 1 is 1.25 bits per heavy atom. The Kier molecular flexibility index (Phi) is 7.01. The van der Waals surface area contributed by atoms with E-state index in [0.29, 0.717) is 19.6 Å². The molecular formula is C20H25N3O5. The lowest BCUT2D eigenvalue weighted by atomic mass is 10.0. The quantitative estimate of drug-likeness (QED) is 0.495. The van der Waals surface area contributed by atoms with Gasteiger partial charge in [-0.25, -0.2) is 0 Å². The van der Waals surface area contributed by atoms with Gasteiger partial charge in [-0.15, -0.1) is 0 Å². The maximum atomic E-state index is 12.3. The van der Waals surface area contributed by atoms with Crippen LogP contribution in [0.15, 0.2) is 29.8 Å². The Labute approximate surface area is 164 Å². The fourth-order valence-corrected chi connectivity index (χ4v) is 3.32. The minimum Gasteiger partial charge on any atom is -0.393 e. The molecule has 1 aromatic carbocycles. The fraction of sp³-hybridized carbons (Fsp3) is 0.500. The van der Waals surface area contributed by atoms with Gasteiger partial charge < -0.3 is 29.9 Å². The smallest absolute Gasteiger partial charge is 0.262 e. The number of aliphatic hydroxyl groups is 2. The first-order valence-electron chi connectivity index (χ1n) is 9.39. The largest absolute Gasteiger partial charge is 0.393 e. The van der Waals surface area contributed by atoms with E-state index in [4.69, 9.17) is 9.47 Å². The van der Waals surface area contributed by atoms with Crippen LogP contribution in [0.3, 0.4) is 0 Å². The minimum atomic E-state index is -1.04. The van der Waals surface area contributed by atoms with E-state index in [1.807, 2.05) is 30.3 Å². The van der Waals surface area contributed by atoms with Gasteiger partial charge in [0.2, 0.25) is 0 Å². The van der Waals surface area contributed by atoms with E-state index in [0.717, 1.165) is 24.3 Å². The summed E-state index contributed by atoms with van der Waals surface area (Å²) in [7, 11) is 0. The second-order valence-corrected chi connectivity index (χ2v) is 6.91. The molecule has 3 unspecified atom stereocenters. The highest BCUT2D eigenvalue weighted by atomic mass is 16.6. The summed E-state index contributed by atoms with van der Waals surface area (Å²) in [6.45, 7) is 3.21. The number of benzene rings is 1. The molecule has 150 valence electrons. The van der Waals surface area contributed by atoms with Crippen LogP contribution in [-0.2, 0) is 14.3 Å². The van der Waals surface area contributed by atoms with E-state index in [1.165, 1.54) is 6.08 Å². The maximum absolute atomic E-state index is 12.3. The van der Waals surface area contributed by atoms with Gasteiger partial charge in [-0.3, -0.25) is 4.79 Å². The number of nitriles is 1. The summed E-state index contributed by atoms with van der Waals surface area (Å²) in [5.74, 6) is -0.516. The van der Waals surface area contributed by atoms with E-state index in [2.05, 4.69) is 10.2 Å². The average molecular weight is 387 g/mol. The molecule has 0 aromatic heterocycles. The molecule has 0 spiro atoms. The summed E-state index contributed by atoms with van der Waals surface area (Å²) in [6.07, 6.45) is -0.178. The summed E-state index contributed by atoms with van der Waals surface area (Å²) in [4.78, 5) is 14.5. The molecule has 2 aliphatic rings. The van der Waals surface area contributed by atoms with E-state index in [9.17, 15) is 20.3 Å². The van der Waals surface area contributed by atoms with Crippen LogP contribution in [0.2, 0.25) is 0 Å². The minimum absolute atomic E-state index is 0.0176. The zero-order valence-electron chi connectivity index (χ0n) is 15.6. The summed E-state index contributed by atoms with van der Waals surface area (Å²) < 4.78 is 10.6. The third kappa shape index (κ3) is 5.53. The number of rotatable bonds is 5. The van der Waals surface area contributed by atoms with Crippen LogP contribution in [0.25, 0.3) is 6.08 Å². The third-order valence-corrected chi connectivity index (χ3v) is 4.79. The van der Waals surface area contributed by atoms with Crippen molar-refractivity contribution in [2.75, 3.05) is 37.7 Å². The number of morpholine rings is 1. The van der Waals surface area contributed by atoms with Crippen LogP contribution in [-0.4, -0.2) is 67.5 Å². The zero-order chi connectivity index (χ0) is 19.9. The topological polar surface area (TPSA) is 115 Å². The van der Waals surface area contributed by atoms with Crippen molar-refractivity contribution in [2.45, 2.75) is 31.3 Å². The second kappa shape index (κ2) is 9.66. The Bertz CT molecular complexity index is 727. The molecule has 8 heteroatoms. The molecule has 0 radical (unpaired) electrons. The number of nitrogens with zero attached hydrogens (tertiary/aromatic N) is 2. The van der Waals surface area contributed by atoms with Gasteiger partial charge in [0.15, 0.2) is 6.29 Å². The van der Waals surface area contributed by atoms with Crippen molar-refractivity contribution in [3.63, 3.8) is 0 Å². The molecule has 3 rings (SSSR count). The highest BCUT2D eigenvalue weighted by Crippen LogP contribution is 2.19. The predicted octanol–water partition coefficient (Wildman–Crippen LogP) is 0.405. The summed E-state index contributed by atoms with van der Waals surface area (Å²) in [5.41, 5.74) is 1.81. The van der Waals surface area contributed by atoms with Crippen LogP contribution < -0.4 is 10.2 Å². The van der Waals surface area contributed by atoms with Gasteiger partial charge in [-0.05, 0) is 23.8 Å². The molecule has 1 amide bonds. The number of anilines is 1. The summed E-state index contributed by atoms with van der Waals surface area (Å²) in [6, 6.07) is 9.57. The summed E-state index contributed by atoms with van der Waals surface area (Å²) in [5, 5.41) is 31.1. The number of hydrogen-bond acceptors (Lipinski definition) is 7. The number of nitrogens with one attached hydrogen (secondary N) is 1. The van der Waals surface area contributed by atoms with E-state index in [1.54, 1.807) is 0 Å². The molecule has 2 fully saturated rings. The first kappa shape index (κ1) is 20.3. The van der Waals surface area contributed by atoms with Crippen molar-refractivity contribution in [3.8, 4) is 6.07 Å². The van der Waals surface area contributed by atoms with Crippen LogP contribution >= 0.6 is 0 Å². The lowest BCUT2D eigenvalue weighted by Gasteiger charge is -2.30. The van der Waals surface area contributed by atoms with Crippen molar-refractivity contribution in [3.05, 3.63) is 35.4 Å². The van der Waals surface area contributed by atoms with Gasteiger partial charge >= 0.3 is 0 Å². The van der Waals surface area contributed by atoms with Crippen LogP contribution in [0.4, 0.5) is 5.69 Å². The van der Waals surface area contributed by atoms with Crippen molar-refractivity contribution in [2.24, 2.45) is 0 Å². The van der Waals surface area contributed by atoms with Crippen molar-refractivity contribution < 1.29 is 24.5 Å². The highest BCUT2D eigenvalue weighted by Gasteiger charge is 2.27. The standard InChI is InChI=1S/C20H25N3O5/c21-12-15(20(26)22-13-18-10-17(24)11-19(25)28-18)9-14-1-3-16(4-2-14)23-5-7-27-8-6-23/h1-4,9,17-19,24-25H,5-8,10-11,13H2,(H,22,26)/b15-9+. The molecule has 2 heterocycles. The molecule has 8 nitrogen and oxygen atoms in total. The van der Waals surface area contributed by atoms with Gasteiger partial charge in [0.05, 0.1) is 25.4 Å². The van der Waals surface area contributed by atoms with Gasteiger partial charge in [-0.1, -0.05) is 12.1 Å². The Morgan fingerprint density at radius 2 is 1.96 bits per heavy atom. The lowest BCUT2D eigenvalue weighted by molar-refractivity contribution is -0.187. The number of carbonyl (C=O) groups excluding carboxylic acids is 1. The average Bonchev–Trinajstić information content (AvgIpc) is 2.70. The number of aliphatic hydroxyl groups excluding tert-OH is 2. The van der Waals surface area contributed by atoms with Crippen LogP contribution in [0, 0.1) is 11.3 Å². The first-order chi connectivity index (χ1) is 13.5. The Morgan fingerprint density at radius 3 is 2.61 bits per heavy atom. The van der Waals surface area contributed by atoms with Crippen molar-refractivity contribution in [1.29, 1.82) is 5.26 Å². The fourth-order valence-electron chi connectivity index (χ4n) is 3.32. The number of ether oxygens (including phenoxy) is 2. The molecule has 0 saturated carbocycles. The molecule has 3 N–H and O–H groups in total. The second-order valence-electron chi connectivity index (χ2n) is 6.91. The normalized spacial score (nSPS) is 25.8. The zero-order valence-corrected chi connectivity index (χ0v) is 15.6. The highest BCUT2D eigenvalue weighted by molar-refractivity contribution is 6.01. The van der Waals surface area contributed by atoms with E-state index in [-0.39, 0.29) is 18.5 Å². The SMILES string of the molecule is N#C/C(=C\c1ccc(N2CCOCC2)cc1)C(=O)NCC1CC(O)CC(O)O1. The van der Waals surface area contributed by atoms with Gasteiger partial charge in [0.1, 0.15) is 11.6 Å². The Hall–Kier alpha value is -2.44. The molecule has 3 atom stereocenters. The maximum Gasteiger partial charge on any atom is 0.262 e. The van der Waals surface area contributed by atoms with Crippen molar-refractivity contribution in [1.82, 2.24) is 5.32 Å². The molecule has 28 heavy (non-hydrogen) atoms. The monoisotopic (exact) mass is 387 g/mol. The number of hydrogen-bond donors (Lipinski definition) is 3. The molecular weight excluding hydrogens is 362 g/mol. The summed E-state index contributed by atoms with van der Waals surface area (Å²) >= 11 is 0. The predicted molar refractivity (Wildman–Crippen MR) is 102 cm³/mol. The number of amides is 1. The van der Waals surface area contributed by atoms with Crippen LogP contribution in [0.5, 0.6) is 0 Å². The van der Waals surface area contributed by atoms with E-state index < -0.39 is 24.4 Å².